The van der Waals surface area contributed by atoms with Gasteiger partial charge in [0.1, 0.15) is 11.6 Å². The number of H-pyrrole nitrogens is 1. The fourth-order valence-corrected chi connectivity index (χ4v) is 2.47. The number of nitrogens with one attached hydrogen (secondary N) is 1. The van der Waals surface area contributed by atoms with Crippen molar-refractivity contribution in [3.63, 3.8) is 0 Å². The molecule has 0 aliphatic carbocycles. The zero-order valence-electron chi connectivity index (χ0n) is 13.9. The van der Waals surface area contributed by atoms with Crippen molar-refractivity contribution in [3.05, 3.63) is 82.0 Å². The summed E-state index contributed by atoms with van der Waals surface area (Å²) in [6, 6.07) is 14.5. The molecule has 132 valence electrons. The van der Waals surface area contributed by atoms with Crippen LogP contribution in [0.2, 0.25) is 0 Å². The van der Waals surface area contributed by atoms with Crippen molar-refractivity contribution in [1.29, 1.82) is 0 Å². The van der Waals surface area contributed by atoms with Crippen LogP contribution >= 0.6 is 0 Å². The van der Waals surface area contributed by atoms with Gasteiger partial charge in [-0.2, -0.15) is 0 Å². The summed E-state index contributed by atoms with van der Waals surface area (Å²) in [7, 11) is 1.51. The van der Waals surface area contributed by atoms with Crippen LogP contribution in [0.4, 0.5) is 4.39 Å². The number of aromatic hydroxyl groups is 1. The van der Waals surface area contributed by atoms with Gasteiger partial charge in [0, 0.05) is 19.2 Å². The van der Waals surface area contributed by atoms with E-state index in [0.717, 1.165) is 0 Å². The number of benzene rings is 2. The smallest absolute Gasteiger partial charge is 0.294 e. The van der Waals surface area contributed by atoms with Crippen LogP contribution in [0.5, 0.6) is 5.75 Å². The third-order valence-corrected chi connectivity index (χ3v) is 3.82. The Morgan fingerprint density at radius 1 is 1.15 bits per heavy atom. The predicted molar refractivity (Wildman–Crippen MR) is 94.2 cm³/mol. The summed E-state index contributed by atoms with van der Waals surface area (Å²) in [6.07, 6.45) is 0. The quantitative estimate of drug-likeness (QED) is 0.755. The summed E-state index contributed by atoms with van der Waals surface area (Å²) >= 11 is 0. The number of carbonyl (C=O) groups is 1. The molecule has 6 nitrogen and oxygen atoms in total. The maximum absolute atomic E-state index is 13.0. The van der Waals surface area contributed by atoms with E-state index in [9.17, 15) is 19.1 Å². The van der Waals surface area contributed by atoms with Gasteiger partial charge in [0.25, 0.3) is 11.5 Å². The lowest BCUT2D eigenvalue weighted by Gasteiger charge is -2.17. The molecule has 2 N–H and O–H groups in total. The molecule has 0 spiro atoms. The minimum Gasteiger partial charge on any atom is -0.501 e. The van der Waals surface area contributed by atoms with E-state index >= 15 is 0 Å². The molecule has 1 aromatic heterocycles. The van der Waals surface area contributed by atoms with Crippen LogP contribution in [0, 0.1) is 5.82 Å². The zero-order chi connectivity index (χ0) is 18.7. The Kier molecular flexibility index (Phi) is 4.79. The lowest BCUT2D eigenvalue weighted by molar-refractivity contribution is 0.0775. The summed E-state index contributed by atoms with van der Waals surface area (Å²) in [5.74, 6) is -1.54. The van der Waals surface area contributed by atoms with Gasteiger partial charge in [-0.1, -0.05) is 42.5 Å². The lowest BCUT2D eigenvalue weighted by Crippen LogP contribution is -2.29. The SMILES string of the molecule is CN(Cc1ccc(F)cc1)C(=O)c1nc(-c2ccccc2)[nH]c(=O)c1O. The Bertz CT molecular complexity index is 985. The average molecular weight is 353 g/mol. The molecule has 0 atom stereocenters. The summed E-state index contributed by atoms with van der Waals surface area (Å²) in [6.45, 7) is 0.174. The normalized spacial score (nSPS) is 10.5. The second-order valence-electron chi connectivity index (χ2n) is 5.77. The van der Waals surface area contributed by atoms with Gasteiger partial charge in [-0.25, -0.2) is 9.37 Å². The van der Waals surface area contributed by atoms with Crippen molar-refractivity contribution in [3.8, 4) is 17.1 Å². The monoisotopic (exact) mass is 353 g/mol. The van der Waals surface area contributed by atoms with E-state index in [-0.39, 0.29) is 23.9 Å². The molecule has 2 aromatic carbocycles. The van der Waals surface area contributed by atoms with Crippen molar-refractivity contribution in [2.75, 3.05) is 7.05 Å². The summed E-state index contributed by atoms with van der Waals surface area (Å²) < 4.78 is 13.0. The van der Waals surface area contributed by atoms with Gasteiger partial charge in [-0.05, 0) is 17.7 Å². The minimum atomic E-state index is -0.794. The first kappa shape index (κ1) is 17.3. The Hall–Kier alpha value is -3.48. The first-order valence-corrected chi connectivity index (χ1v) is 7.84. The van der Waals surface area contributed by atoms with Crippen molar-refractivity contribution in [2.45, 2.75) is 6.54 Å². The average Bonchev–Trinajstić information content (AvgIpc) is 2.65. The molecule has 0 bridgehead atoms. The summed E-state index contributed by atoms with van der Waals surface area (Å²) in [4.78, 5) is 32.5. The number of rotatable bonds is 4. The van der Waals surface area contributed by atoms with E-state index in [2.05, 4.69) is 9.97 Å². The van der Waals surface area contributed by atoms with Gasteiger partial charge in [-0.3, -0.25) is 9.59 Å². The molecule has 0 saturated heterocycles. The van der Waals surface area contributed by atoms with Crippen LogP contribution in [0.25, 0.3) is 11.4 Å². The van der Waals surface area contributed by atoms with Crippen LogP contribution < -0.4 is 5.56 Å². The Morgan fingerprint density at radius 2 is 1.81 bits per heavy atom. The molecular formula is C19H16FN3O3. The van der Waals surface area contributed by atoms with E-state index in [1.54, 1.807) is 36.4 Å². The number of nitrogens with zero attached hydrogens (tertiary/aromatic N) is 2. The van der Waals surface area contributed by atoms with E-state index in [4.69, 9.17) is 0 Å². The largest absolute Gasteiger partial charge is 0.501 e. The van der Waals surface area contributed by atoms with Gasteiger partial charge in [0.15, 0.2) is 5.69 Å². The van der Waals surface area contributed by atoms with Crippen molar-refractivity contribution < 1.29 is 14.3 Å². The first-order chi connectivity index (χ1) is 12.5. The molecule has 3 aromatic rings. The highest BCUT2D eigenvalue weighted by Gasteiger charge is 2.22. The van der Waals surface area contributed by atoms with E-state index in [0.29, 0.717) is 11.1 Å². The fraction of sp³-hybridized carbons (Fsp3) is 0.105. The molecule has 3 rings (SSSR count). The number of aromatic amines is 1. The number of carbonyl (C=O) groups excluding carboxylic acids is 1. The molecule has 0 aliphatic rings. The Balaban J connectivity index is 1.92. The van der Waals surface area contributed by atoms with E-state index < -0.39 is 17.2 Å². The molecule has 0 unspecified atom stereocenters. The zero-order valence-corrected chi connectivity index (χ0v) is 13.9. The van der Waals surface area contributed by atoms with Crippen LogP contribution in [-0.4, -0.2) is 32.9 Å². The second kappa shape index (κ2) is 7.18. The van der Waals surface area contributed by atoms with Crippen molar-refractivity contribution in [2.24, 2.45) is 0 Å². The Morgan fingerprint density at radius 3 is 2.46 bits per heavy atom. The van der Waals surface area contributed by atoms with Gasteiger partial charge in [0.2, 0.25) is 5.75 Å². The highest BCUT2D eigenvalue weighted by atomic mass is 19.1. The number of halogens is 1. The molecular weight excluding hydrogens is 337 g/mol. The van der Waals surface area contributed by atoms with Crippen molar-refractivity contribution >= 4 is 5.91 Å². The molecule has 0 fully saturated rings. The molecule has 0 saturated carbocycles. The first-order valence-electron chi connectivity index (χ1n) is 7.84. The molecule has 26 heavy (non-hydrogen) atoms. The fourth-order valence-electron chi connectivity index (χ4n) is 2.47. The van der Waals surface area contributed by atoms with Crippen LogP contribution in [0.15, 0.2) is 59.4 Å². The molecule has 7 heteroatoms. The topological polar surface area (TPSA) is 86.3 Å². The van der Waals surface area contributed by atoms with Crippen LogP contribution in [-0.2, 0) is 6.54 Å². The predicted octanol–water partition coefficient (Wildman–Crippen LogP) is 2.55. The van der Waals surface area contributed by atoms with Gasteiger partial charge in [-0.15, -0.1) is 0 Å². The van der Waals surface area contributed by atoms with Gasteiger partial charge in [0.05, 0.1) is 0 Å². The van der Waals surface area contributed by atoms with E-state index in [1.165, 1.54) is 24.1 Å². The molecule has 1 amide bonds. The second-order valence-corrected chi connectivity index (χ2v) is 5.77. The number of amides is 1. The van der Waals surface area contributed by atoms with Gasteiger partial charge < -0.3 is 15.0 Å². The van der Waals surface area contributed by atoms with E-state index in [1.807, 2.05) is 6.07 Å². The van der Waals surface area contributed by atoms with Crippen LogP contribution in [0.3, 0.4) is 0 Å². The number of hydrogen-bond donors (Lipinski definition) is 2. The van der Waals surface area contributed by atoms with Gasteiger partial charge >= 0.3 is 0 Å². The highest BCUT2D eigenvalue weighted by Crippen LogP contribution is 2.18. The number of aromatic nitrogens is 2. The lowest BCUT2D eigenvalue weighted by atomic mass is 10.2. The summed E-state index contributed by atoms with van der Waals surface area (Å²) in [5, 5.41) is 9.99. The number of hydrogen-bond acceptors (Lipinski definition) is 4. The van der Waals surface area contributed by atoms with Crippen LogP contribution in [0.1, 0.15) is 16.1 Å². The maximum Gasteiger partial charge on any atom is 0.294 e. The minimum absolute atomic E-state index is 0.174. The summed E-state index contributed by atoms with van der Waals surface area (Å²) in [5.41, 5.74) is 0.185. The third-order valence-electron chi connectivity index (χ3n) is 3.82. The molecule has 0 aliphatic heterocycles. The maximum atomic E-state index is 13.0. The highest BCUT2D eigenvalue weighted by molar-refractivity contribution is 5.95. The Labute approximate surface area is 148 Å². The standard InChI is InChI=1S/C19H16FN3O3/c1-23(11-12-7-9-14(20)10-8-12)19(26)15-16(24)18(25)22-17(21-15)13-5-3-2-4-6-13/h2-10,24H,11H2,1H3,(H,21,22,25). The molecule has 1 heterocycles. The third kappa shape index (κ3) is 3.61. The van der Waals surface area contributed by atoms with Crippen molar-refractivity contribution in [1.82, 2.24) is 14.9 Å². The molecule has 0 radical (unpaired) electrons.